The second-order valence-corrected chi connectivity index (χ2v) is 8.61. The molecule has 1 N–H and O–H groups in total. The molecule has 0 saturated heterocycles. The van der Waals surface area contributed by atoms with E-state index in [1.165, 1.54) is 11.8 Å². The third-order valence-corrected chi connectivity index (χ3v) is 5.90. The van der Waals surface area contributed by atoms with Crippen LogP contribution < -0.4 is 5.32 Å². The Hall–Kier alpha value is -1.63. The zero-order valence-electron chi connectivity index (χ0n) is 15.0. The van der Waals surface area contributed by atoms with Gasteiger partial charge in [-0.3, -0.25) is 9.79 Å². The van der Waals surface area contributed by atoms with Crippen LogP contribution in [0.4, 0.5) is 5.69 Å². The maximum Gasteiger partial charge on any atom is 0.234 e. The van der Waals surface area contributed by atoms with Gasteiger partial charge in [-0.2, -0.15) is 0 Å². The van der Waals surface area contributed by atoms with Crippen LogP contribution in [0.15, 0.2) is 63.0 Å². The lowest BCUT2D eigenvalue weighted by atomic mass is 10.1. The summed E-state index contributed by atoms with van der Waals surface area (Å²) in [5.41, 5.74) is 2.09. The van der Waals surface area contributed by atoms with Gasteiger partial charge in [0.05, 0.1) is 11.5 Å². The summed E-state index contributed by atoms with van der Waals surface area (Å²) in [6, 6.07) is 15.0. The summed E-state index contributed by atoms with van der Waals surface area (Å²) in [5, 5.41) is 4.31. The largest absolute Gasteiger partial charge is 0.325 e. The summed E-state index contributed by atoms with van der Waals surface area (Å²) in [6.07, 6.45) is 0.800. The second-order valence-electron chi connectivity index (χ2n) is 6.30. The van der Waals surface area contributed by atoms with Gasteiger partial charge in [-0.15, -0.1) is 0 Å². The second kappa shape index (κ2) is 8.59. The number of halogens is 2. The molecule has 1 amide bonds. The van der Waals surface area contributed by atoms with E-state index in [2.05, 4.69) is 28.2 Å². The number of nitrogens with zero attached hydrogens (tertiary/aromatic N) is 2. The van der Waals surface area contributed by atoms with Gasteiger partial charge in [0.25, 0.3) is 0 Å². The van der Waals surface area contributed by atoms with Crippen LogP contribution in [0, 0.1) is 0 Å². The number of hydrogen-bond acceptors (Lipinski definition) is 4. The first-order valence-electron chi connectivity index (χ1n) is 8.53. The number of aliphatic imine (C=N–C) groups is 2. The van der Waals surface area contributed by atoms with Crippen molar-refractivity contribution in [2.45, 2.75) is 25.9 Å². The number of rotatable bonds is 5. The molecule has 0 saturated carbocycles. The third-order valence-electron chi connectivity index (χ3n) is 4.15. The maximum atomic E-state index is 12.3. The average Bonchev–Trinajstić information content (AvgIpc) is 3.00. The summed E-state index contributed by atoms with van der Waals surface area (Å²) in [7, 11) is 0. The molecular weight excluding hydrogens is 446 g/mol. The predicted octanol–water partition coefficient (Wildman–Crippen LogP) is 5.80. The number of carbonyl (C=O) groups is 1. The average molecular weight is 465 g/mol. The number of nitrogens with one attached hydrogen (secondary N) is 1. The van der Waals surface area contributed by atoms with Crippen LogP contribution in [0.5, 0.6) is 0 Å². The quantitative estimate of drug-likeness (QED) is 0.608. The van der Waals surface area contributed by atoms with Crippen molar-refractivity contribution < 1.29 is 4.79 Å². The number of hydrogen-bond donors (Lipinski definition) is 1. The zero-order valence-corrected chi connectivity index (χ0v) is 18.2. The smallest absolute Gasteiger partial charge is 0.234 e. The van der Waals surface area contributed by atoms with E-state index in [9.17, 15) is 4.79 Å². The molecule has 2 aromatic rings. The Morgan fingerprint density at radius 2 is 1.81 bits per heavy atom. The molecule has 1 atom stereocenters. The highest BCUT2D eigenvalue weighted by Crippen LogP contribution is 2.30. The lowest BCUT2D eigenvalue weighted by Crippen LogP contribution is -2.17. The molecule has 2 aromatic carbocycles. The molecule has 4 nitrogen and oxygen atoms in total. The standard InChI is InChI=1S/C20H19BrClN3OS/c1-3-20(2)24-18(13-4-6-14(21)7-5-13)19(25-20)27-12-17(26)23-16-10-8-15(22)9-11-16/h4-11H,3,12H2,1-2H3,(H,23,26)/t20-/m0/s1. The van der Waals surface area contributed by atoms with Gasteiger partial charge in [0.2, 0.25) is 5.91 Å². The molecule has 1 heterocycles. The fourth-order valence-electron chi connectivity index (χ4n) is 2.50. The Morgan fingerprint density at radius 1 is 1.15 bits per heavy atom. The molecule has 140 valence electrons. The van der Waals surface area contributed by atoms with Crippen LogP contribution in [0.2, 0.25) is 5.02 Å². The van der Waals surface area contributed by atoms with Crippen molar-refractivity contribution in [3.63, 3.8) is 0 Å². The molecule has 0 bridgehead atoms. The van der Waals surface area contributed by atoms with Crippen molar-refractivity contribution in [1.29, 1.82) is 0 Å². The van der Waals surface area contributed by atoms with E-state index in [4.69, 9.17) is 21.6 Å². The number of carbonyl (C=O) groups excluding carboxylic acids is 1. The summed E-state index contributed by atoms with van der Waals surface area (Å²) in [5.74, 6) is 0.168. The van der Waals surface area contributed by atoms with E-state index < -0.39 is 5.66 Å². The van der Waals surface area contributed by atoms with Gasteiger partial charge in [0.15, 0.2) is 0 Å². The van der Waals surface area contributed by atoms with Gasteiger partial charge in [-0.1, -0.05) is 58.3 Å². The molecule has 0 spiro atoms. The minimum atomic E-state index is -0.475. The number of benzene rings is 2. The number of thioether (sulfide) groups is 1. The molecule has 1 aliphatic rings. The number of amides is 1. The normalized spacial score (nSPS) is 18.8. The van der Waals surface area contributed by atoms with Crippen molar-refractivity contribution in [2.75, 3.05) is 11.1 Å². The monoisotopic (exact) mass is 463 g/mol. The molecule has 0 aromatic heterocycles. The van der Waals surface area contributed by atoms with Gasteiger partial charge in [-0.25, -0.2) is 4.99 Å². The first kappa shape index (κ1) is 20.1. The van der Waals surface area contributed by atoms with Crippen LogP contribution >= 0.6 is 39.3 Å². The van der Waals surface area contributed by atoms with E-state index in [0.717, 1.165) is 32.9 Å². The first-order valence-corrected chi connectivity index (χ1v) is 10.7. The Balaban J connectivity index is 1.70. The third kappa shape index (κ3) is 5.21. The van der Waals surface area contributed by atoms with Gasteiger partial charge in [0.1, 0.15) is 10.7 Å². The van der Waals surface area contributed by atoms with E-state index >= 15 is 0 Å². The van der Waals surface area contributed by atoms with Crippen LogP contribution in [0.25, 0.3) is 0 Å². The highest BCUT2D eigenvalue weighted by atomic mass is 79.9. The summed E-state index contributed by atoms with van der Waals surface area (Å²) >= 11 is 10.7. The van der Waals surface area contributed by atoms with Crippen molar-refractivity contribution in [1.82, 2.24) is 0 Å². The molecule has 1 aliphatic heterocycles. The van der Waals surface area contributed by atoms with E-state index in [-0.39, 0.29) is 11.7 Å². The Kier molecular flexibility index (Phi) is 6.40. The molecule has 7 heteroatoms. The topological polar surface area (TPSA) is 53.8 Å². The molecular formula is C20H19BrClN3OS. The molecule has 0 aliphatic carbocycles. The van der Waals surface area contributed by atoms with E-state index in [1.807, 2.05) is 31.2 Å². The number of anilines is 1. The zero-order chi connectivity index (χ0) is 19.4. The highest BCUT2D eigenvalue weighted by Gasteiger charge is 2.31. The molecule has 3 rings (SSSR count). The van der Waals surface area contributed by atoms with Crippen LogP contribution in [-0.2, 0) is 4.79 Å². The van der Waals surface area contributed by atoms with Gasteiger partial charge in [0, 0.05) is 20.7 Å². The van der Waals surface area contributed by atoms with Gasteiger partial charge >= 0.3 is 0 Å². The summed E-state index contributed by atoms with van der Waals surface area (Å²) < 4.78 is 1.01. The molecule has 0 radical (unpaired) electrons. The Bertz CT molecular complexity index is 896. The van der Waals surface area contributed by atoms with Crippen molar-refractivity contribution in [2.24, 2.45) is 9.98 Å². The lowest BCUT2D eigenvalue weighted by Gasteiger charge is -2.13. The van der Waals surface area contributed by atoms with Crippen molar-refractivity contribution >= 4 is 61.6 Å². The van der Waals surface area contributed by atoms with Gasteiger partial charge < -0.3 is 5.32 Å². The van der Waals surface area contributed by atoms with Crippen LogP contribution in [0.1, 0.15) is 25.8 Å². The predicted molar refractivity (Wildman–Crippen MR) is 119 cm³/mol. The van der Waals surface area contributed by atoms with E-state index in [0.29, 0.717) is 5.02 Å². The first-order chi connectivity index (χ1) is 12.9. The van der Waals surface area contributed by atoms with Crippen LogP contribution in [-0.4, -0.2) is 28.1 Å². The lowest BCUT2D eigenvalue weighted by molar-refractivity contribution is -0.113. The molecule has 0 unspecified atom stereocenters. The molecule has 0 fully saturated rings. The minimum Gasteiger partial charge on any atom is -0.325 e. The Labute approximate surface area is 176 Å². The SMILES string of the molecule is CC[C@]1(C)N=C(SCC(=O)Nc2ccc(Cl)cc2)C(c2ccc(Br)cc2)=N1. The Morgan fingerprint density at radius 3 is 2.44 bits per heavy atom. The van der Waals surface area contributed by atoms with Gasteiger partial charge in [-0.05, 0) is 49.7 Å². The van der Waals surface area contributed by atoms with Crippen molar-refractivity contribution in [3.8, 4) is 0 Å². The maximum absolute atomic E-state index is 12.3. The summed E-state index contributed by atoms with van der Waals surface area (Å²) in [4.78, 5) is 21.9. The fraction of sp³-hybridized carbons (Fsp3) is 0.250. The highest BCUT2D eigenvalue weighted by molar-refractivity contribution is 9.10. The minimum absolute atomic E-state index is 0.0923. The van der Waals surface area contributed by atoms with Crippen LogP contribution in [0.3, 0.4) is 0 Å². The fourth-order valence-corrected chi connectivity index (χ4v) is 3.80. The molecule has 27 heavy (non-hydrogen) atoms. The summed E-state index contributed by atoms with van der Waals surface area (Å²) in [6.45, 7) is 4.07. The van der Waals surface area contributed by atoms with E-state index in [1.54, 1.807) is 24.3 Å². The van der Waals surface area contributed by atoms with Crippen molar-refractivity contribution in [3.05, 3.63) is 63.6 Å².